The molecule has 0 unspecified atom stereocenters. The van der Waals surface area contributed by atoms with E-state index in [1.165, 1.54) is 17.1 Å². The number of hydrogen-bond donors (Lipinski definition) is 1. The molecule has 0 radical (unpaired) electrons. The molecule has 0 bridgehead atoms. The van der Waals surface area contributed by atoms with E-state index in [1.807, 2.05) is 11.8 Å². The molecule has 3 heterocycles. The summed E-state index contributed by atoms with van der Waals surface area (Å²) in [7, 11) is 0. The first-order chi connectivity index (χ1) is 14.0. The van der Waals surface area contributed by atoms with E-state index < -0.39 is 6.09 Å². The fraction of sp³-hybridized carbons (Fsp3) is 0.333. The quantitative estimate of drug-likeness (QED) is 0.733. The van der Waals surface area contributed by atoms with Gasteiger partial charge in [0.2, 0.25) is 11.8 Å². The van der Waals surface area contributed by atoms with Crippen molar-refractivity contribution in [2.45, 2.75) is 38.8 Å². The number of benzene rings is 1. The Bertz CT molecular complexity index is 1130. The molecule has 0 saturated heterocycles. The van der Waals surface area contributed by atoms with E-state index in [-0.39, 0.29) is 17.9 Å². The Morgan fingerprint density at radius 1 is 1.21 bits per heavy atom. The lowest BCUT2D eigenvalue weighted by Crippen LogP contribution is -2.43. The highest BCUT2D eigenvalue weighted by molar-refractivity contribution is 5.89. The first-order valence-corrected chi connectivity index (χ1v) is 9.67. The number of amides is 1. The van der Waals surface area contributed by atoms with Crippen molar-refractivity contribution in [3.63, 3.8) is 0 Å². The summed E-state index contributed by atoms with van der Waals surface area (Å²) < 4.78 is 7.21. The molecule has 0 spiro atoms. The summed E-state index contributed by atoms with van der Waals surface area (Å²) in [4.78, 5) is 34.4. The zero-order valence-corrected chi connectivity index (χ0v) is 15.9. The van der Waals surface area contributed by atoms with Gasteiger partial charge in [-0.1, -0.05) is 0 Å². The molecule has 5 rings (SSSR count). The first kappa shape index (κ1) is 17.7. The summed E-state index contributed by atoms with van der Waals surface area (Å²) >= 11 is 0. The second-order valence-electron chi connectivity index (χ2n) is 7.69. The molecule has 1 aromatic carbocycles. The van der Waals surface area contributed by atoms with Crippen molar-refractivity contribution in [1.82, 2.24) is 19.4 Å². The average molecular weight is 392 g/mol. The highest BCUT2D eigenvalue weighted by Crippen LogP contribution is 2.36. The number of carbonyl (C=O) groups excluding carboxylic acids is 1. The molecule has 8 heteroatoms. The Hall–Kier alpha value is -3.42. The van der Waals surface area contributed by atoms with Crippen LogP contribution in [0.4, 0.5) is 4.79 Å². The van der Waals surface area contributed by atoms with Crippen LogP contribution in [0, 0.1) is 5.92 Å². The summed E-state index contributed by atoms with van der Waals surface area (Å²) in [5.41, 5.74) is 2.33. The maximum absolute atomic E-state index is 12.5. The molecule has 8 nitrogen and oxygen atoms in total. The number of rotatable bonds is 3. The van der Waals surface area contributed by atoms with Crippen LogP contribution in [0.2, 0.25) is 0 Å². The van der Waals surface area contributed by atoms with Crippen molar-refractivity contribution in [3.8, 4) is 11.6 Å². The molecule has 1 saturated carbocycles. The molecule has 1 aliphatic heterocycles. The zero-order chi connectivity index (χ0) is 20.1. The summed E-state index contributed by atoms with van der Waals surface area (Å²) in [6, 6.07) is 7.03. The van der Waals surface area contributed by atoms with Crippen molar-refractivity contribution in [2.24, 2.45) is 5.92 Å². The minimum atomic E-state index is -1.03. The minimum absolute atomic E-state index is 0.0658. The summed E-state index contributed by atoms with van der Waals surface area (Å²) in [5, 5.41) is 9.98. The number of aromatic nitrogens is 3. The number of nitrogens with zero attached hydrogens (tertiary/aromatic N) is 4. The van der Waals surface area contributed by atoms with Gasteiger partial charge in [0.15, 0.2) is 0 Å². The molecule has 2 aromatic heterocycles. The van der Waals surface area contributed by atoms with Gasteiger partial charge < -0.3 is 14.7 Å². The molecular formula is C21H20N4O4. The number of carboxylic acid groups (broad SMARTS) is 1. The van der Waals surface area contributed by atoms with Crippen molar-refractivity contribution in [1.29, 1.82) is 0 Å². The smallest absolute Gasteiger partial charge is 0.415 e. The predicted molar refractivity (Wildman–Crippen MR) is 104 cm³/mol. The molecular weight excluding hydrogens is 372 g/mol. The van der Waals surface area contributed by atoms with E-state index in [2.05, 4.69) is 9.97 Å². The monoisotopic (exact) mass is 392 g/mol. The van der Waals surface area contributed by atoms with Gasteiger partial charge >= 0.3 is 6.09 Å². The Morgan fingerprint density at radius 3 is 2.79 bits per heavy atom. The SMILES string of the molecule is C[C@H]1Cc2c(ncnc2Oc2ccc3c(ccn3C(=O)O)c2)CN1C(=O)C1CC1. The van der Waals surface area contributed by atoms with Crippen molar-refractivity contribution >= 4 is 22.9 Å². The van der Waals surface area contributed by atoms with E-state index in [0.29, 0.717) is 30.1 Å². The van der Waals surface area contributed by atoms with Crippen LogP contribution in [0.3, 0.4) is 0 Å². The van der Waals surface area contributed by atoms with Crippen LogP contribution in [0.25, 0.3) is 10.9 Å². The maximum Gasteiger partial charge on any atom is 0.415 e. The van der Waals surface area contributed by atoms with Gasteiger partial charge in [-0.25, -0.2) is 14.8 Å². The Morgan fingerprint density at radius 2 is 2.03 bits per heavy atom. The third kappa shape index (κ3) is 3.10. The average Bonchev–Trinajstić information content (AvgIpc) is 3.46. The third-order valence-corrected chi connectivity index (χ3v) is 5.64. The Balaban J connectivity index is 1.43. The highest BCUT2D eigenvalue weighted by atomic mass is 16.5. The third-order valence-electron chi connectivity index (χ3n) is 5.64. The van der Waals surface area contributed by atoms with Crippen LogP contribution in [-0.2, 0) is 17.8 Å². The maximum atomic E-state index is 12.5. The van der Waals surface area contributed by atoms with E-state index >= 15 is 0 Å². The molecule has 1 amide bonds. The van der Waals surface area contributed by atoms with Gasteiger partial charge in [-0.2, -0.15) is 0 Å². The fourth-order valence-corrected chi connectivity index (χ4v) is 3.90. The van der Waals surface area contributed by atoms with Crippen LogP contribution in [0.1, 0.15) is 31.0 Å². The molecule has 1 aliphatic carbocycles. The number of hydrogen-bond acceptors (Lipinski definition) is 5. The molecule has 3 aromatic rings. The normalized spacial score (nSPS) is 18.5. The van der Waals surface area contributed by atoms with Crippen LogP contribution < -0.4 is 4.74 Å². The lowest BCUT2D eigenvalue weighted by molar-refractivity contribution is -0.135. The molecule has 1 atom stereocenters. The minimum Gasteiger partial charge on any atom is -0.464 e. The van der Waals surface area contributed by atoms with Gasteiger partial charge in [-0.3, -0.25) is 9.36 Å². The van der Waals surface area contributed by atoms with Crippen LogP contribution in [0.5, 0.6) is 11.6 Å². The van der Waals surface area contributed by atoms with Crippen LogP contribution in [-0.4, -0.2) is 42.6 Å². The Labute approximate surface area is 166 Å². The first-order valence-electron chi connectivity index (χ1n) is 9.67. The Kier molecular flexibility index (Phi) is 4.01. The van der Waals surface area contributed by atoms with E-state index in [0.717, 1.165) is 29.5 Å². The molecule has 148 valence electrons. The number of fused-ring (bicyclic) bond motifs is 2. The van der Waals surface area contributed by atoms with Gasteiger partial charge in [0, 0.05) is 29.1 Å². The van der Waals surface area contributed by atoms with Crippen molar-refractivity contribution in [3.05, 3.63) is 48.0 Å². The second-order valence-corrected chi connectivity index (χ2v) is 7.69. The van der Waals surface area contributed by atoms with E-state index in [4.69, 9.17) is 4.74 Å². The number of ether oxygens (including phenoxy) is 1. The van der Waals surface area contributed by atoms with Gasteiger partial charge in [-0.05, 0) is 50.5 Å². The number of carbonyl (C=O) groups is 2. The molecule has 2 aliphatic rings. The summed E-state index contributed by atoms with van der Waals surface area (Å²) in [6.45, 7) is 2.52. The second kappa shape index (κ2) is 6.58. The van der Waals surface area contributed by atoms with Gasteiger partial charge in [0.25, 0.3) is 0 Å². The molecule has 29 heavy (non-hydrogen) atoms. The van der Waals surface area contributed by atoms with E-state index in [1.54, 1.807) is 24.3 Å². The zero-order valence-electron chi connectivity index (χ0n) is 15.9. The highest BCUT2D eigenvalue weighted by Gasteiger charge is 2.38. The largest absolute Gasteiger partial charge is 0.464 e. The molecule has 1 fully saturated rings. The fourth-order valence-electron chi connectivity index (χ4n) is 3.90. The lowest BCUT2D eigenvalue weighted by atomic mass is 9.99. The lowest BCUT2D eigenvalue weighted by Gasteiger charge is -2.34. The standard InChI is InChI=1S/C21H20N4O4/c1-12-8-16-17(10-25(12)20(26)13-2-3-13)22-11-23-19(16)29-15-4-5-18-14(9-15)6-7-24(18)21(27)28/h4-7,9,11-13H,2-3,8,10H2,1H3,(H,27,28)/t12-/m0/s1. The van der Waals surface area contributed by atoms with Crippen LogP contribution in [0.15, 0.2) is 36.8 Å². The summed E-state index contributed by atoms with van der Waals surface area (Å²) in [6.07, 6.45) is 4.55. The molecule has 1 N–H and O–H groups in total. The topological polar surface area (TPSA) is 97.6 Å². The van der Waals surface area contributed by atoms with Crippen molar-refractivity contribution < 1.29 is 19.4 Å². The van der Waals surface area contributed by atoms with Gasteiger partial charge in [-0.15, -0.1) is 0 Å². The summed E-state index contributed by atoms with van der Waals surface area (Å²) in [5.74, 6) is 1.46. The van der Waals surface area contributed by atoms with Crippen LogP contribution >= 0.6 is 0 Å². The predicted octanol–water partition coefficient (Wildman–Crippen LogP) is 3.43. The van der Waals surface area contributed by atoms with E-state index in [9.17, 15) is 14.7 Å². The van der Waals surface area contributed by atoms with Gasteiger partial charge in [0.05, 0.1) is 17.8 Å². The van der Waals surface area contributed by atoms with Crippen molar-refractivity contribution in [2.75, 3.05) is 0 Å². The van der Waals surface area contributed by atoms with Gasteiger partial charge in [0.1, 0.15) is 12.1 Å².